The molecule has 1 heterocycles. The van der Waals surface area contributed by atoms with Gasteiger partial charge in [-0.25, -0.2) is 0 Å². The van der Waals surface area contributed by atoms with Gasteiger partial charge < -0.3 is 15.0 Å². The molecule has 0 unspecified atom stereocenters. The monoisotopic (exact) mass is 350 g/mol. The highest BCUT2D eigenvalue weighted by atomic mass is 16.5. The Hall–Kier alpha value is -2.59. The Bertz CT molecular complexity index is 854. The van der Waals surface area contributed by atoms with Crippen LogP contribution in [0.2, 0.25) is 0 Å². The van der Waals surface area contributed by atoms with Gasteiger partial charge in [0.15, 0.2) is 0 Å². The van der Waals surface area contributed by atoms with Crippen LogP contribution in [0.15, 0.2) is 54.7 Å². The summed E-state index contributed by atoms with van der Waals surface area (Å²) < 4.78 is 5.64. The Morgan fingerprint density at radius 2 is 1.81 bits per heavy atom. The van der Waals surface area contributed by atoms with Gasteiger partial charge in [-0.05, 0) is 35.6 Å². The van der Waals surface area contributed by atoms with Gasteiger partial charge in [0.2, 0.25) is 5.91 Å². The molecule has 1 amide bonds. The SMILES string of the molecule is CCCOCc1ccccc1CNC(=O)CCc1c[nH]c2ccccc12. The van der Waals surface area contributed by atoms with Crippen molar-refractivity contribution in [2.75, 3.05) is 6.61 Å². The molecule has 4 heteroatoms. The number of aromatic amines is 1. The molecule has 0 saturated carbocycles. The van der Waals surface area contributed by atoms with Crippen LogP contribution in [0.4, 0.5) is 0 Å². The van der Waals surface area contributed by atoms with E-state index in [0.717, 1.165) is 36.1 Å². The first-order valence-electron chi connectivity index (χ1n) is 9.24. The summed E-state index contributed by atoms with van der Waals surface area (Å²) >= 11 is 0. The minimum Gasteiger partial charge on any atom is -0.377 e. The summed E-state index contributed by atoms with van der Waals surface area (Å²) in [7, 11) is 0. The summed E-state index contributed by atoms with van der Waals surface area (Å²) in [4.78, 5) is 15.5. The number of para-hydroxylation sites is 1. The van der Waals surface area contributed by atoms with Crippen molar-refractivity contribution in [3.05, 3.63) is 71.4 Å². The lowest BCUT2D eigenvalue weighted by atomic mass is 10.1. The summed E-state index contributed by atoms with van der Waals surface area (Å²) in [5.41, 5.74) is 4.55. The number of aryl methyl sites for hydroxylation is 1. The minimum absolute atomic E-state index is 0.0690. The molecule has 3 rings (SSSR count). The van der Waals surface area contributed by atoms with Crippen LogP contribution in [0.3, 0.4) is 0 Å². The van der Waals surface area contributed by atoms with Gasteiger partial charge in [0, 0.05) is 36.7 Å². The molecule has 4 nitrogen and oxygen atoms in total. The number of carbonyl (C=O) groups is 1. The zero-order valence-corrected chi connectivity index (χ0v) is 15.3. The van der Waals surface area contributed by atoms with E-state index in [1.807, 2.05) is 36.5 Å². The number of hydrogen-bond acceptors (Lipinski definition) is 2. The van der Waals surface area contributed by atoms with Gasteiger partial charge in [-0.15, -0.1) is 0 Å². The molecule has 0 saturated heterocycles. The molecule has 0 atom stereocenters. The molecular formula is C22H26N2O2. The largest absolute Gasteiger partial charge is 0.377 e. The van der Waals surface area contributed by atoms with Crippen molar-refractivity contribution in [1.29, 1.82) is 0 Å². The third-order valence-corrected chi connectivity index (χ3v) is 4.50. The summed E-state index contributed by atoms with van der Waals surface area (Å²) in [5.74, 6) is 0.0690. The van der Waals surface area contributed by atoms with Crippen LogP contribution >= 0.6 is 0 Å². The van der Waals surface area contributed by atoms with Gasteiger partial charge >= 0.3 is 0 Å². The van der Waals surface area contributed by atoms with Crippen LogP contribution in [0.25, 0.3) is 10.9 Å². The molecule has 136 valence electrons. The molecule has 0 radical (unpaired) electrons. The fourth-order valence-corrected chi connectivity index (χ4v) is 3.07. The van der Waals surface area contributed by atoms with E-state index in [1.165, 1.54) is 10.9 Å². The predicted octanol–water partition coefficient (Wildman–Crippen LogP) is 4.34. The summed E-state index contributed by atoms with van der Waals surface area (Å²) in [6.45, 7) is 3.98. The minimum atomic E-state index is 0.0690. The van der Waals surface area contributed by atoms with Crippen LogP contribution in [-0.4, -0.2) is 17.5 Å². The van der Waals surface area contributed by atoms with Gasteiger partial charge in [0.1, 0.15) is 0 Å². The number of hydrogen-bond donors (Lipinski definition) is 2. The van der Waals surface area contributed by atoms with Gasteiger partial charge in [0.25, 0.3) is 0 Å². The number of nitrogens with one attached hydrogen (secondary N) is 2. The highest BCUT2D eigenvalue weighted by molar-refractivity contribution is 5.84. The van der Waals surface area contributed by atoms with Crippen LogP contribution in [-0.2, 0) is 29.1 Å². The molecule has 0 aliphatic carbocycles. The smallest absolute Gasteiger partial charge is 0.220 e. The topological polar surface area (TPSA) is 54.1 Å². The first-order chi connectivity index (χ1) is 12.8. The maximum Gasteiger partial charge on any atom is 0.220 e. The van der Waals surface area contributed by atoms with E-state index in [2.05, 4.69) is 35.4 Å². The maximum absolute atomic E-state index is 12.3. The lowest BCUT2D eigenvalue weighted by Crippen LogP contribution is -2.23. The van der Waals surface area contributed by atoms with E-state index in [4.69, 9.17) is 4.74 Å². The summed E-state index contributed by atoms with van der Waals surface area (Å²) in [5, 5.41) is 4.23. The van der Waals surface area contributed by atoms with Crippen LogP contribution < -0.4 is 5.32 Å². The van der Waals surface area contributed by atoms with Gasteiger partial charge in [-0.3, -0.25) is 4.79 Å². The van der Waals surface area contributed by atoms with Gasteiger partial charge in [-0.2, -0.15) is 0 Å². The van der Waals surface area contributed by atoms with E-state index >= 15 is 0 Å². The normalized spacial score (nSPS) is 11.0. The van der Waals surface area contributed by atoms with Gasteiger partial charge in [-0.1, -0.05) is 49.4 Å². The van der Waals surface area contributed by atoms with Crippen molar-refractivity contribution in [3.63, 3.8) is 0 Å². The summed E-state index contributed by atoms with van der Waals surface area (Å²) in [6.07, 6.45) is 4.22. The highest BCUT2D eigenvalue weighted by Crippen LogP contribution is 2.19. The first kappa shape index (κ1) is 18.2. The standard InChI is InChI=1S/C22H26N2O2/c1-2-13-26-16-19-8-4-3-7-17(19)14-24-22(25)12-11-18-15-23-21-10-6-5-9-20(18)21/h3-10,15,23H,2,11-14,16H2,1H3,(H,24,25). The molecule has 1 aromatic heterocycles. The van der Waals surface area contributed by atoms with Gasteiger partial charge in [0.05, 0.1) is 6.61 Å². The lowest BCUT2D eigenvalue weighted by Gasteiger charge is -2.11. The molecule has 2 aromatic carbocycles. The van der Waals surface area contributed by atoms with Crippen molar-refractivity contribution in [3.8, 4) is 0 Å². The third kappa shape index (κ3) is 4.73. The average Bonchev–Trinajstić information content (AvgIpc) is 3.09. The number of carbonyl (C=O) groups excluding carboxylic acids is 1. The zero-order valence-electron chi connectivity index (χ0n) is 15.3. The van der Waals surface area contributed by atoms with Crippen LogP contribution in [0.5, 0.6) is 0 Å². The molecule has 0 aliphatic heterocycles. The predicted molar refractivity (Wildman–Crippen MR) is 105 cm³/mol. The van der Waals surface area contributed by atoms with E-state index in [9.17, 15) is 4.79 Å². The van der Waals surface area contributed by atoms with Crippen LogP contribution in [0.1, 0.15) is 36.5 Å². The van der Waals surface area contributed by atoms with E-state index in [0.29, 0.717) is 19.6 Å². The third-order valence-electron chi connectivity index (χ3n) is 4.50. The second-order valence-corrected chi connectivity index (χ2v) is 6.46. The second kappa shape index (κ2) is 9.20. The quantitative estimate of drug-likeness (QED) is 0.564. The highest BCUT2D eigenvalue weighted by Gasteiger charge is 2.08. The molecule has 2 N–H and O–H groups in total. The summed E-state index contributed by atoms with van der Waals surface area (Å²) in [6, 6.07) is 16.3. The molecule has 3 aromatic rings. The van der Waals surface area contributed by atoms with E-state index in [-0.39, 0.29) is 5.91 Å². The van der Waals surface area contributed by atoms with Crippen molar-refractivity contribution >= 4 is 16.8 Å². The molecule has 0 spiro atoms. The van der Waals surface area contributed by atoms with Crippen molar-refractivity contribution in [1.82, 2.24) is 10.3 Å². The zero-order chi connectivity index (χ0) is 18.2. The first-order valence-corrected chi connectivity index (χ1v) is 9.24. The lowest BCUT2D eigenvalue weighted by molar-refractivity contribution is -0.121. The fraction of sp³-hybridized carbons (Fsp3) is 0.318. The second-order valence-electron chi connectivity index (χ2n) is 6.46. The Morgan fingerprint density at radius 1 is 1.04 bits per heavy atom. The van der Waals surface area contributed by atoms with E-state index in [1.54, 1.807) is 0 Å². The maximum atomic E-state index is 12.3. The fourth-order valence-electron chi connectivity index (χ4n) is 3.07. The van der Waals surface area contributed by atoms with Crippen molar-refractivity contribution in [2.24, 2.45) is 0 Å². The Balaban J connectivity index is 1.51. The number of ether oxygens (including phenoxy) is 1. The molecule has 0 aliphatic rings. The van der Waals surface area contributed by atoms with Crippen molar-refractivity contribution in [2.45, 2.75) is 39.3 Å². The Morgan fingerprint density at radius 3 is 2.65 bits per heavy atom. The molecule has 0 bridgehead atoms. The van der Waals surface area contributed by atoms with Crippen molar-refractivity contribution < 1.29 is 9.53 Å². The van der Waals surface area contributed by atoms with E-state index < -0.39 is 0 Å². The van der Waals surface area contributed by atoms with Crippen LogP contribution in [0, 0.1) is 0 Å². The average molecular weight is 350 g/mol. The number of aromatic nitrogens is 1. The Kier molecular flexibility index (Phi) is 6.45. The molecule has 0 fully saturated rings. The molecular weight excluding hydrogens is 324 g/mol. The number of benzene rings is 2. The number of rotatable bonds is 9. The number of H-pyrrole nitrogens is 1. The number of amides is 1. The Labute approximate surface area is 154 Å². The molecule has 26 heavy (non-hydrogen) atoms. The number of fused-ring (bicyclic) bond motifs is 1.